The van der Waals surface area contributed by atoms with Crippen molar-refractivity contribution >= 4 is 23.3 Å². The van der Waals surface area contributed by atoms with Crippen molar-refractivity contribution in [3.8, 4) is 5.69 Å². The number of aromatic nitrogens is 3. The molecule has 0 aliphatic carbocycles. The van der Waals surface area contributed by atoms with Crippen molar-refractivity contribution in [2.75, 3.05) is 0 Å². The van der Waals surface area contributed by atoms with Gasteiger partial charge in [0, 0.05) is 16.1 Å². The summed E-state index contributed by atoms with van der Waals surface area (Å²) in [5.74, 6) is 6.37. The highest BCUT2D eigenvalue weighted by atomic mass is 35.5. The van der Waals surface area contributed by atoms with E-state index in [4.69, 9.17) is 22.4 Å². The van der Waals surface area contributed by atoms with E-state index in [0.29, 0.717) is 16.7 Å². The lowest BCUT2D eigenvalue weighted by Crippen LogP contribution is -2.48. The van der Waals surface area contributed by atoms with E-state index in [2.05, 4.69) is 21.0 Å². The molecule has 5 N–H and O–H groups in total. The predicted octanol–water partition coefficient (Wildman–Crippen LogP) is 1.76. The highest BCUT2D eigenvalue weighted by molar-refractivity contribution is 6.30. The van der Waals surface area contributed by atoms with Crippen LogP contribution in [0.15, 0.2) is 53.5 Å². The molecule has 0 spiro atoms. The van der Waals surface area contributed by atoms with Crippen LogP contribution in [0.3, 0.4) is 0 Å². The molecule has 9 nitrogen and oxygen atoms in total. The van der Waals surface area contributed by atoms with Crippen molar-refractivity contribution in [2.45, 2.75) is 13.1 Å². The zero-order valence-corrected chi connectivity index (χ0v) is 15.6. The molecular weight excluding hydrogens is 380 g/mol. The molecule has 1 atom stereocenters. The van der Waals surface area contributed by atoms with E-state index in [0.717, 1.165) is 22.5 Å². The van der Waals surface area contributed by atoms with Gasteiger partial charge in [0.25, 0.3) is 0 Å². The topological polar surface area (TPSA) is 122 Å². The Bertz CT molecular complexity index is 1060. The number of hydrazine groups is 2. The van der Waals surface area contributed by atoms with Gasteiger partial charge < -0.3 is 0 Å². The fraction of sp³-hybridized carbons (Fsp3) is 0.111. The standard InChI is InChI=1S/C18H17ClN8O/c1-10-23-25-17-16(24-26-18(28)22-20)21-15(11-6-8-12(19)9-7-11)13-4-2-3-5-14(13)27(10)17/h2-9,16,24H,20H2,1H3,(H2,22,26,28). The predicted molar refractivity (Wildman–Crippen MR) is 105 cm³/mol. The number of fused-ring (bicyclic) bond motifs is 3. The van der Waals surface area contributed by atoms with Gasteiger partial charge in [-0.3, -0.25) is 20.4 Å². The number of hydrogen-bond acceptors (Lipinski definition) is 6. The van der Waals surface area contributed by atoms with Crippen molar-refractivity contribution in [2.24, 2.45) is 10.8 Å². The number of urea groups is 1. The number of carbonyl (C=O) groups excluding carboxylic acids is 1. The van der Waals surface area contributed by atoms with E-state index >= 15 is 0 Å². The molecule has 1 aliphatic heterocycles. The van der Waals surface area contributed by atoms with E-state index < -0.39 is 12.2 Å². The summed E-state index contributed by atoms with van der Waals surface area (Å²) < 4.78 is 1.90. The van der Waals surface area contributed by atoms with Crippen molar-refractivity contribution in [3.63, 3.8) is 0 Å². The average molecular weight is 397 g/mol. The minimum Gasteiger partial charge on any atom is -0.280 e. The first kappa shape index (κ1) is 18.1. The van der Waals surface area contributed by atoms with Crippen LogP contribution in [-0.2, 0) is 0 Å². The second kappa shape index (κ2) is 7.39. The Morgan fingerprint density at radius 2 is 1.89 bits per heavy atom. The summed E-state index contributed by atoms with van der Waals surface area (Å²) in [5, 5.41) is 9.08. The quantitative estimate of drug-likeness (QED) is 0.305. The van der Waals surface area contributed by atoms with Crippen LogP contribution in [-0.4, -0.2) is 26.5 Å². The first-order valence-electron chi connectivity index (χ1n) is 8.46. The normalized spacial score (nSPS) is 15.1. The van der Waals surface area contributed by atoms with Crippen LogP contribution in [0.5, 0.6) is 0 Å². The Kier molecular flexibility index (Phi) is 4.78. The smallest absolute Gasteiger partial charge is 0.280 e. The zero-order chi connectivity index (χ0) is 19.7. The third-order valence-corrected chi connectivity index (χ3v) is 4.58. The molecule has 2 aromatic carbocycles. The molecule has 0 radical (unpaired) electrons. The van der Waals surface area contributed by atoms with E-state index in [9.17, 15) is 4.79 Å². The molecule has 3 aromatic rings. The van der Waals surface area contributed by atoms with E-state index in [-0.39, 0.29) is 0 Å². The number of nitrogens with zero attached hydrogens (tertiary/aromatic N) is 4. The number of aliphatic imine (C=N–C) groups is 1. The summed E-state index contributed by atoms with van der Waals surface area (Å²) in [6, 6.07) is 14.6. The number of carbonyl (C=O) groups is 1. The third kappa shape index (κ3) is 3.22. The van der Waals surface area contributed by atoms with Gasteiger partial charge >= 0.3 is 6.03 Å². The van der Waals surface area contributed by atoms with E-state index in [1.54, 1.807) is 12.1 Å². The lowest BCUT2D eigenvalue weighted by Gasteiger charge is -2.14. The largest absolute Gasteiger partial charge is 0.343 e. The molecule has 1 unspecified atom stereocenters. The zero-order valence-electron chi connectivity index (χ0n) is 14.8. The number of para-hydroxylation sites is 1. The second-order valence-electron chi connectivity index (χ2n) is 6.09. The third-order valence-electron chi connectivity index (χ3n) is 4.32. The maximum Gasteiger partial charge on any atom is 0.343 e. The SMILES string of the molecule is Cc1nnc2n1-c1ccccc1C(c1ccc(Cl)cc1)=NC2NNC(=O)NN. The van der Waals surface area contributed by atoms with Gasteiger partial charge in [0.2, 0.25) is 0 Å². The minimum atomic E-state index is -0.698. The minimum absolute atomic E-state index is 0.534. The molecule has 10 heteroatoms. The van der Waals surface area contributed by atoms with E-state index in [1.807, 2.05) is 53.3 Å². The molecule has 2 heterocycles. The summed E-state index contributed by atoms with van der Waals surface area (Å²) in [7, 11) is 0. The number of halogens is 1. The molecule has 4 rings (SSSR count). The van der Waals surface area contributed by atoms with Gasteiger partial charge in [0.15, 0.2) is 12.0 Å². The number of benzene rings is 2. The van der Waals surface area contributed by atoms with Crippen LogP contribution in [0.25, 0.3) is 5.69 Å². The Labute approximate surface area is 165 Å². The van der Waals surface area contributed by atoms with Crippen molar-refractivity contribution in [1.29, 1.82) is 0 Å². The van der Waals surface area contributed by atoms with Gasteiger partial charge in [0.1, 0.15) is 5.82 Å². The molecular formula is C18H17ClN8O. The van der Waals surface area contributed by atoms with Crippen LogP contribution in [0.4, 0.5) is 4.79 Å². The molecule has 28 heavy (non-hydrogen) atoms. The first-order valence-corrected chi connectivity index (χ1v) is 8.84. The molecule has 1 aromatic heterocycles. The maximum atomic E-state index is 11.5. The lowest BCUT2D eigenvalue weighted by molar-refractivity contribution is 0.234. The Morgan fingerprint density at radius 3 is 2.64 bits per heavy atom. The van der Waals surface area contributed by atoms with Crippen LogP contribution >= 0.6 is 11.6 Å². The average Bonchev–Trinajstić information content (AvgIpc) is 3.03. The van der Waals surface area contributed by atoms with Crippen LogP contribution in [0.1, 0.15) is 28.9 Å². The fourth-order valence-corrected chi connectivity index (χ4v) is 3.21. The first-order chi connectivity index (χ1) is 13.6. The molecule has 142 valence electrons. The van der Waals surface area contributed by atoms with Crippen LogP contribution in [0.2, 0.25) is 5.02 Å². The number of nitrogens with two attached hydrogens (primary N) is 1. The van der Waals surface area contributed by atoms with Gasteiger partial charge in [-0.05, 0) is 25.1 Å². The lowest BCUT2D eigenvalue weighted by atomic mass is 10.0. The highest BCUT2D eigenvalue weighted by Gasteiger charge is 2.28. The summed E-state index contributed by atoms with van der Waals surface area (Å²) >= 11 is 6.05. The number of hydrogen-bond donors (Lipinski definition) is 4. The molecule has 0 saturated heterocycles. The summed E-state index contributed by atoms with van der Waals surface area (Å²) in [5.41, 5.74) is 10.7. The number of amides is 2. The Morgan fingerprint density at radius 1 is 1.14 bits per heavy atom. The van der Waals surface area contributed by atoms with E-state index in [1.165, 1.54) is 0 Å². The number of nitrogens with one attached hydrogen (secondary N) is 3. The number of aryl methyl sites for hydroxylation is 1. The summed E-state index contributed by atoms with van der Waals surface area (Å²) in [6.45, 7) is 1.86. The van der Waals surface area contributed by atoms with Gasteiger partial charge in [-0.1, -0.05) is 41.9 Å². The maximum absolute atomic E-state index is 11.5. The molecule has 1 aliphatic rings. The van der Waals surface area contributed by atoms with Crippen LogP contribution in [0, 0.1) is 6.92 Å². The van der Waals surface area contributed by atoms with Crippen LogP contribution < -0.4 is 22.1 Å². The summed E-state index contributed by atoms with van der Waals surface area (Å²) in [4.78, 5) is 16.4. The van der Waals surface area contributed by atoms with Crippen molar-refractivity contribution in [3.05, 3.63) is 76.3 Å². The molecule has 0 saturated carbocycles. The highest BCUT2D eigenvalue weighted by Crippen LogP contribution is 2.29. The van der Waals surface area contributed by atoms with Crippen molar-refractivity contribution < 1.29 is 4.79 Å². The molecule has 0 fully saturated rings. The fourth-order valence-electron chi connectivity index (χ4n) is 3.08. The van der Waals surface area contributed by atoms with Crippen molar-refractivity contribution in [1.82, 2.24) is 31.0 Å². The molecule has 0 bridgehead atoms. The van der Waals surface area contributed by atoms with Gasteiger partial charge in [-0.25, -0.2) is 16.1 Å². The number of rotatable bonds is 3. The molecule has 2 amide bonds. The Balaban J connectivity index is 1.90. The monoisotopic (exact) mass is 396 g/mol. The second-order valence-corrected chi connectivity index (χ2v) is 6.52. The Hall–Kier alpha value is -3.27. The van der Waals surface area contributed by atoms with Gasteiger partial charge in [0.05, 0.1) is 11.4 Å². The van der Waals surface area contributed by atoms with Gasteiger partial charge in [-0.15, -0.1) is 10.2 Å². The van der Waals surface area contributed by atoms with Gasteiger partial charge in [-0.2, -0.15) is 0 Å². The summed E-state index contributed by atoms with van der Waals surface area (Å²) in [6.07, 6.45) is -0.698.